The summed E-state index contributed by atoms with van der Waals surface area (Å²) in [4.78, 5) is 0. The van der Waals surface area contributed by atoms with Gasteiger partial charge in [0, 0.05) is 5.56 Å². The number of hydrogen-bond donors (Lipinski definition) is 1. The van der Waals surface area contributed by atoms with Crippen LogP contribution in [-0.2, 0) is 0 Å². The first-order chi connectivity index (χ1) is 7.70. The Kier molecular flexibility index (Phi) is 5.19. The van der Waals surface area contributed by atoms with E-state index in [4.69, 9.17) is 4.74 Å². The van der Waals surface area contributed by atoms with Crippen LogP contribution in [0.15, 0.2) is 24.3 Å². The van der Waals surface area contributed by atoms with Gasteiger partial charge in [-0.3, -0.25) is 0 Å². The Morgan fingerprint density at radius 1 is 1.31 bits per heavy atom. The van der Waals surface area contributed by atoms with Crippen LogP contribution >= 0.6 is 0 Å². The molecule has 0 heterocycles. The molecule has 0 fully saturated rings. The third-order valence-electron chi connectivity index (χ3n) is 2.34. The van der Waals surface area contributed by atoms with Crippen molar-refractivity contribution < 1.29 is 13.5 Å². The zero-order valence-electron chi connectivity index (χ0n) is 9.54. The van der Waals surface area contributed by atoms with E-state index in [2.05, 4.69) is 5.32 Å². The topological polar surface area (TPSA) is 21.3 Å². The number of alkyl halides is 2. The van der Waals surface area contributed by atoms with Crippen LogP contribution in [0, 0.1) is 0 Å². The van der Waals surface area contributed by atoms with E-state index in [1.165, 1.54) is 7.11 Å². The smallest absolute Gasteiger partial charge is 0.257 e. The molecule has 0 saturated heterocycles. The van der Waals surface area contributed by atoms with Gasteiger partial charge in [0.15, 0.2) is 0 Å². The lowest BCUT2D eigenvalue weighted by molar-refractivity contribution is 0.0972. The minimum Gasteiger partial charge on any atom is -0.496 e. The molecule has 0 bridgehead atoms. The molecule has 1 rings (SSSR count). The van der Waals surface area contributed by atoms with Gasteiger partial charge in [-0.15, -0.1) is 0 Å². The van der Waals surface area contributed by atoms with Gasteiger partial charge in [-0.05, 0) is 19.0 Å². The first-order valence-corrected chi connectivity index (χ1v) is 5.35. The SMILES string of the molecule is CCCNC(c1ccccc1OC)C(F)F. The Morgan fingerprint density at radius 2 is 2.00 bits per heavy atom. The molecule has 0 spiro atoms. The summed E-state index contributed by atoms with van der Waals surface area (Å²) in [5.74, 6) is 0.497. The summed E-state index contributed by atoms with van der Waals surface area (Å²) in [7, 11) is 1.49. The Hall–Kier alpha value is -1.16. The van der Waals surface area contributed by atoms with Crippen molar-refractivity contribution in [1.29, 1.82) is 0 Å². The lowest BCUT2D eigenvalue weighted by Gasteiger charge is -2.20. The number of methoxy groups -OCH3 is 1. The Bertz CT molecular complexity index is 318. The van der Waals surface area contributed by atoms with E-state index >= 15 is 0 Å². The van der Waals surface area contributed by atoms with E-state index in [-0.39, 0.29) is 0 Å². The summed E-state index contributed by atoms with van der Waals surface area (Å²) in [6.45, 7) is 2.50. The molecule has 0 aliphatic heterocycles. The van der Waals surface area contributed by atoms with Gasteiger partial charge in [-0.2, -0.15) is 0 Å². The number of hydrogen-bond acceptors (Lipinski definition) is 2. The molecular weight excluding hydrogens is 212 g/mol. The van der Waals surface area contributed by atoms with Crippen LogP contribution in [0.25, 0.3) is 0 Å². The summed E-state index contributed by atoms with van der Waals surface area (Å²) in [6, 6.07) is 5.90. The average Bonchev–Trinajstić information content (AvgIpc) is 2.29. The molecule has 1 aromatic rings. The zero-order chi connectivity index (χ0) is 12.0. The van der Waals surface area contributed by atoms with E-state index in [1.807, 2.05) is 6.92 Å². The fourth-order valence-electron chi connectivity index (χ4n) is 1.56. The lowest BCUT2D eigenvalue weighted by atomic mass is 10.1. The van der Waals surface area contributed by atoms with Gasteiger partial charge in [0.25, 0.3) is 6.43 Å². The molecule has 0 aromatic heterocycles. The van der Waals surface area contributed by atoms with Gasteiger partial charge in [0.2, 0.25) is 0 Å². The second-order valence-electron chi connectivity index (χ2n) is 3.51. The quantitative estimate of drug-likeness (QED) is 0.809. The largest absolute Gasteiger partial charge is 0.496 e. The van der Waals surface area contributed by atoms with E-state index in [9.17, 15) is 8.78 Å². The Morgan fingerprint density at radius 3 is 2.56 bits per heavy atom. The van der Waals surface area contributed by atoms with E-state index < -0.39 is 12.5 Å². The number of benzene rings is 1. The van der Waals surface area contributed by atoms with Crippen molar-refractivity contribution in [3.8, 4) is 5.75 Å². The summed E-state index contributed by atoms with van der Waals surface area (Å²) < 4.78 is 30.9. The molecule has 0 saturated carbocycles. The van der Waals surface area contributed by atoms with Crippen molar-refractivity contribution in [3.05, 3.63) is 29.8 Å². The van der Waals surface area contributed by atoms with Gasteiger partial charge in [0.1, 0.15) is 5.75 Å². The standard InChI is InChI=1S/C12H17F2NO/c1-3-8-15-11(12(13)14)9-6-4-5-7-10(9)16-2/h4-7,11-12,15H,3,8H2,1-2H3. The maximum absolute atomic E-state index is 12.9. The predicted molar refractivity (Wildman–Crippen MR) is 60.0 cm³/mol. The summed E-state index contributed by atoms with van der Waals surface area (Å²) in [5.41, 5.74) is 0.508. The van der Waals surface area contributed by atoms with Crippen LogP contribution in [0.3, 0.4) is 0 Å². The second-order valence-corrected chi connectivity index (χ2v) is 3.51. The highest BCUT2D eigenvalue weighted by Crippen LogP contribution is 2.28. The normalized spacial score (nSPS) is 12.8. The van der Waals surface area contributed by atoms with Crippen LogP contribution in [-0.4, -0.2) is 20.1 Å². The van der Waals surface area contributed by atoms with Crippen molar-refractivity contribution in [2.75, 3.05) is 13.7 Å². The number of ether oxygens (including phenoxy) is 1. The summed E-state index contributed by atoms with van der Waals surface area (Å²) >= 11 is 0. The fraction of sp³-hybridized carbons (Fsp3) is 0.500. The van der Waals surface area contributed by atoms with Crippen molar-refractivity contribution in [2.24, 2.45) is 0 Å². The fourth-order valence-corrected chi connectivity index (χ4v) is 1.56. The first-order valence-electron chi connectivity index (χ1n) is 5.35. The molecule has 0 radical (unpaired) electrons. The molecule has 4 heteroatoms. The maximum Gasteiger partial charge on any atom is 0.257 e. The van der Waals surface area contributed by atoms with Gasteiger partial charge in [-0.1, -0.05) is 25.1 Å². The minimum atomic E-state index is -2.44. The predicted octanol–water partition coefficient (Wildman–Crippen LogP) is 3.00. The Balaban J connectivity index is 2.91. The maximum atomic E-state index is 12.9. The van der Waals surface area contributed by atoms with Crippen LogP contribution in [0.5, 0.6) is 5.75 Å². The number of rotatable bonds is 6. The van der Waals surface area contributed by atoms with E-state index in [1.54, 1.807) is 24.3 Å². The number of nitrogens with one attached hydrogen (secondary N) is 1. The third-order valence-corrected chi connectivity index (χ3v) is 2.34. The number of para-hydroxylation sites is 1. The van der Waals surface area contributed by atoms with Gasteiger partial charge >= 0.3 is 0 Å². The first kappa shape index (κ1) is 12.9. The minimum absolute atomic E-state index is 0.497. The molecule has 0 aliphatic carbocycles. The van der Waals surface area contributed by atoms with Crippen LogP contribution in [0.4, 0.5) is 8.78 Å². The number of halogens is 2. The van der Waals surface area contributed by atoms with Crippen molar-refractivity contribution >= 4 is 0 Å². The van der Waals surface area contributed by atoms with Gasteiger partial charge in [0.05, 0.1) is 13.2 Å². The molecule has 0 amide bonds. The highest BCUT2D eigenvalue weighted by atomic mass is 19.3. The van der Waals surface area contributed by atoms with Crippen molar-refractivity contribution in [3.63, 3.8) is 0 Å². The highest BCUT2D eigenvalue weighted by Gasteiger charge is 2.24. The summed E-state index contributed by atoms with van der Waals surface area (Å²) in [5, 5.41) is 2.83. The molecule has 2 nitrogen and oxygen atoms in total. The third kappa shape index (κ3) is 3.17. The molecule has 90 valence electrons. The van der Waals surface area contributed by atoms with Crippen molar-refractivity contribution in [1.82, 2.24) is 5.32 Å². The molecule has 1 N–H and O–H groups in total. The average molecular weight is 229 g/mol. The molecule has 1 unspecified atom stereocenters. The lowest BCUT2D eigenvalue weighted by Crippen LogP contribution is -2.28. The highest BCUT2D eigenvalue weighted by molar-refractivity contribution is 5.36. The van der Waals surface area contributed by atoms with Crippen LogP contribution in [0.2, 0.25) is 0 Å². The monoisotopic (exact) mass is 229 g/mol. The summed E-state index contributed by atoms with van der Waals surface area (Å²) in [6.07, 6.45) is -1.62. The van der Waals surface area contributed by atoms with Gasteiger partial charge < -0.3 is 10.1 Å². The zero-order valence-corrected chi connectivity index (χ0v) is 9.54. The molecule has 0 aliphatic rings. The van der Waals surface area contributed by atoms with Crippen LogP contribution < -0.4 is 10.1 Å². The van der Waals surface area contributed by atoms with Crippen LogP contribution in [0.1, 0.15) is 24.9 Å². The molecule has 1 atom stereocenters. The van der Waals surface area contributed by atoms with Gasteiger partial charge in [-0.25, -0.2) is 8.78 Å². The molecule has 16 heavy (non-hydrogen) atoms. The Labute approximate surface area is 94.6 Å². The van der Waals surface area contributed by atoms with E-state index in [0.29, 0.717) is 17.9 Å². The van der Waals surface area contributed by atoms with E-state index in [0.717, 1.165) is 6.42 Å². The molecular formula is C12H17F2NO. The van der Waals surface area contributed by atoms with Crippen molar-refractivity contribution in [2.45, 2.75) is 25.8 Å². The molecule has 1 aromatic carbocycles. The second kappa shape index (κ2) is 6.43.